The van der Waals surface area contributed by atoms with Crippen molar-refractivity contribution in [3.63, 3.8) is 0 Å². The van der Waals surface area contributed by atoms with E-state index in [1.54, 1.807) is 6.07 Å². The molecule has 0 bridgehead atoms. The Morgan fingerprint density at radius 2 is 1.78 bits per heavy atom. The number of guanidine groups is 1. The Balaban J connectivity index is 1.66. The van der Waals surface area contributed by atoms with Crippen LogP contribution >= 0.6 is 0 Å². The number of aromatic nitrogens is 2. The van der Waals surface area contributed by atoms with E-state index in [9.17, 15) is 8.78 Å². The van der Waals surface area contributed by atoms with E-state index in [4.69, 9.17) is 10.2 Å². The van der Waals surface area contributed by atoms with E-state index in [1.165, 1.54) is 24.3 Å². The molecule has 1 atom stereocenters. The van der Waals surface area contributed by atoms with Gasteiger partial charge in [0.25, 0.3) is 0 Å². The lowest BCUT2D eigenvalue weighted by molar-refractivity contribution is 0.445. The monoisotopic (exact) mass is 365 g/mol. The first kappa shape index (κ1) is 15.6. The Morgan fingerprint density at radius 3 is 2.59 bits per heavy atom. The van der Waals surface area contributed by atoms with Crippen molar-refractivity contribution in [2.24, 2.45) is 10.7 Å². The zero-order chi connectivity index (χ0) is 18.5. The maximum absolute atomic E-state index is 14.1. The lowest BCUT2D eigenvalue weighted by Crippen LogP contribution is -2.31. The highest BCUT2D eigenvalue weighted by molar-refractivity contribution is 5.94. The molecule has 27 heavy (non-hydrogen) atoms. The number of halogens is 2. The molecule has 0 radical (unpaired) electrons. The molecule has 6 nitrogen and oxygen atoms in total. The average molecular weight is 365 g/mol. The standard InChI is InChI=1S/C19H13F2N5O/c20-10-4-3-5-11(21)16(10)14-8-9-15(27-14)17-24-18(22)25-19-23-12-6-1-2-7-13(12)26(17)19/h1-9,17H,(H3,22,23,24,25). The van der Waals surface area contributed by atoms with Gasteiger partial charge >= 0.3 is 0 Å². The maximum atomic E-state index is 14.1. The third-order valence-electron chi connectivity index (χ3n) is 4.43. The Hall–Kier alpha value is -3.68. The van der Waals surface area contributed by atoms with Crippen molar-refractivity contribution < 1.29 is 13.2 Å². The van der Waals surface area contributed by atoms with Crippen LogP contribution in [0.3, 0.4) is 0 Å². The summed E-state index contributed by atoms with van der Waals surface area (Å²) in [5.41, 5.74) is 7.27. The Labute approximate surface area is 152 Å². The molecule has 1 aliphatic heterocycles. The molecule has 2 aromatic heterocycles. The van der Waals surface area contributed by atoms with E-state index in [-0.39, 0.29) is 17.3 Å². The molecule has 0 saturated heterocycles. The summed E-state index contributed by atoms with van der Waals surface area (Å²) in [7, 11) is 0. The van der Waals surface area contributed by atoms with Gasteiger partial charge in [-0.1, -0.05) is 18.2 Å². The topological polar surface area (TPSA) is 81.4 Å². The molecule has 0 fully saturated rings. The molecule has 0 aliphatic carbocycles. The lowest BCUT2D eigenvalue weighted by Gasteiger charge is -2.21. The number of nitrogens with zero attached hydrogens (tertiary/aromatic N) is 3. The van der Waals surface area contributed by atoms with Crippen LogP contribution in [0.4, 0.5) is 14.7 Å². The van der Waals surface area contributed by atoms with Crippen LogP contribution in [0.2, 0.25) is 0 Å². The minimum absolute atomic E-state index is 0.0823. The van der Waals surface area contributed by atoms with Crippen molar-refractivity contribution in [1.82, 2.24) is 9.55 Å². The number of hydrogen-bond donors (Lipinski definition) is 2. The number of furan rings is 1. The first-order valence-electron chi connectivity index (χ1n) is 8.23. The van der Waals surface area contributed by atoms with Crippen LogP contribution in [0, 0.1) is 11.6 Å². The van der Waals surface area contributed by atoms with Gasteiger partial charge in [0.15, 0.2) is 12.1 Å². The predicted molar refractivity (Wildman–Crippen MR) is 97.2 cm³/mol. The fourth-order valence-corrected chi connectivity index (χ4v) is 3.27. The number of aliphatic imine (C=N–C) groups is 1. The van der Waals surface area contributed by atoms with Gasteiger partial charge in [0.05, 0.1) is 16.6 Å². The van der Waals surface area contributed by atoms with Crippen LogP contribution in [-0.4, -0.2) is 15.5 Å². The Kier molecular flexibility index (Phi) is 3.27. The van der Waals surface area contributed by atoms with Crippen LogP contribution in [0.15, 0.2) is 64.0 Å². The number of fused-ring (bicyclic) bond motifs is 3. The average Bonchev–Trinajstić information content (AvgIpc) is 3.25. The fraction of sp³-hybridized carbons (Fsp3) is 0.0526. The summed E-state index contributed by atoms with van der Waals surface area (Å²) in [4.78, 5) is 8.90. The number of imidazole rings is 1. The maximum Gasteiger partial charge on any atom is 0.212 e. The molecule has 5 rings (SSSR count). The second-order valence-electron chi connectivity index (χ2n) is 6.11. The van der Waals surface area contributed by atoms with Gasteiger partial charge in [0, 0.05) is 0 Å². The normalized spacial score (nSPS) is 16.1. The van der Waals surface area contributed by atoms with Gasteiger partial charge in [0.2, 0.25) is 5.95 Å². The van der Waals surface area contributed by atoms with Crippen LogP contribution in [-0.2, 0) is 0 Å². The van der Waals surface area contributed by atoms with Crippen molar-refractivity contribution in [2.75, 3.05) is 5.32 Å². The van der Waals surface area contributed by atoms with Crippen LogP contribution in [0.1, 0.15) is 11.9 Å². The Morgan fingerprint density at radius 1 is 1.00 bits per heavy atom. The van der Waals surface area contributed by atoms with E-state index in [0.29, 0.717) is 11.7 Å². The van der Waals surface area contributed by atoms with Gasteiger partial charge < -0.3 is 10.2 Å². The highest BCUT2D eigenvalue weighted by Gasteiger charge is 2.28. The van der Waals surface area contributed by atoms with Crippen LogP contribution < -0.4 is 11.1 Å². The zero-order valence-electron chi connectivity index (χ0n) is 13.9. The van der Waals surface area contributed by atoms with E-state index < -0.39 is 17.8 Å². The second kappa shape index (κ2) is 5.66. The number of rotatable bonds is 2. The molecule has 8 heteroatoms. The molecule has 2 aromatic carbocycles. The quantitative estimate of drug-likeness (QED) is 0.565. The van der Waals surface area contributed by atoms with Crippen molar-refractivity contribution in [1.29, 1.82) is 0 Å². The number of anilines is 1. The fourth-order valence-electron chi connectivity index (χ4n) is 3.27. The summed E-state index contributed by atoms with van der Waals surface area (Å²) in [6, 6.07) is 14.4. The molecule has 0 saturated carbocycles. The van der Waals surface area contributed by atoms with E-state index in [0.717, 1.165) is 11.0 Å². The van der Waals surface area contributed by atoms with Gasteiger partial charge in [-0.05, 0) is 36.4 Å². The summed E-state index contributed by atoms with van der Waals surface area (Å²) in [6.45, 7) is 0. The van der Waals surface area contributed by atoms with E-state index in [1.807, 2.05) is 28.8 Å². The molecule has 0 amide bonds. The second-order valence-corrected chi connectivity index (χ2v) is 6.11. The molecule has 134 valence electrons. The molecule has 4 aromatic rings. The number of hydrogen-bond acceptors (Lipinski definition) is 5. The minimum atomic E-state index is -0.696. The molecule has 3 N–H and O–H groups in total. The molecule has 1 unspecified atom stereocenters. The van der Waals surface area contributed by atoms with Crippen molar-refractivity contribution in [2.45, 2.75) is 6.17 Å². The third-order valence-corrected chi connectivity index (χ3v) is 4.43. The largest absolute Gasteiger partial charge is 0.457 e. The highest BCUT2D eigenvalue weighted by atomic mass is 19.1. The zero-order valence-corrected chi connectivity index (χ0v) is 13.9. The first-order valence-corrected chi connectivity index (χ1v) is 8.23. The Bertz CT molecular complexity index is 1190. The molecule has 0 spiro atoms. The lowest BCUT2D eigenvalue weighted by atomic mass is 10.1. The predicted octanol–water partition coefficient (Wildman–Crippen LogP) is 3.86. The van der Waals surface area contributed by atoms with Gasteiger partial charge in [-0.15, -0.1) is 0 Å². The number of para-hydroxylation sites is 2. The summed E-state index contributed by atoms with van der Waals surface area (Å²) in [5.74, 6) is -0.224. The molecular formula is C19H13F2N5O. The summed E-state index contributed by atoms with van der Waals surface area (Å²) in [5, 5.41) is 2.92. The van der Waals surface area contributed by atoms with Crippen molar-refractivity contribution in [3.05, 3.63) is 72.0 Å². The van der Waals surface area contributed by atoms with Crippen molar-refractivity contribution >= 4 is 22.9 Å². The van der Waals surface area contributed by atoms with Crippen LogP contribution in [0.5, 0.6) is 0 Å². The number of nitrogens with two attached hydrogens (primary N) is 1. The molecular weight excluding hydrogens is 352 g/mol. The van der Waals surface area contributed by atoms with E-state index >= 15 is 0 Å². The van der Waals surface area contributed by atoms with Gasteiger partial charge in [0.1, 0.15) is 23.2 Å². The smallest absolute Gasteiger partial charge is 0.212 e. The van der Waals surface area contributed by atoms with Crippen LogP contribution in [0.25, 0.3) is 22.4 Å². The van der Waals surface area contributed by atoms with Gasteiger partial charge in [-0.2, -0.15) is 0 Å². The van der Waals surface area contributed by atoms with Gasteiger partial charge in [-0.3, -0.25) is 9.88 Å². The summed E-state index contributed by atoms with van der Waals surface area (Å²) < 4.78 is 35.7. The first-order chi connectivity index (χ1) is 13.1. The van der Waals surface area contributed by atoms with Gasteiger partial charge in [-0.25, -0.2) is 18.8 Å². The summed E-state index contributed by atoms with van der Waals surface area (Å²) in [6.07, 6.45) is -0.641. The minimum Gasteiger partial charge on any atom is -0.457 e. The third kappa shape index (κ3) is 2.37. The van der Waals surface area contributed by atoms with E-state index in [2.05, 4.69) is 15.3 Å². The van der Waals surface area contributed by atoms with Crippen molar-refractivity contribution in [3.8, 4) is 11.3 Å². The number of benzene rings is 2. The molecule has 1 aliphatic rings. The summed E-state index contributed by atoms with van der Waals surface area (Å²) >= 11 is 0. The number of nitrogens with one attached hydrogen (secondary N) is 1. The SMILES string of the molecule is NC1=NC(c2ccc(-c3c(F)cccc3F)o2)n2c(nc3ccccc32)N1. The highest BCUT2D eigenvalue weighted by Crippen LogP contribution is 2.35. The molecule has 3 heterocycles.